The first kappa shape index (κ1) is 17.3. The van der Waals surface area contributed by atoms with Gasteiger partial charge in [-0.15, -0.1) is 0 Å². The molecule has 2 N–H and O–H groups in total. The molecule has 0 fully saturated rings. The second-order valence-corrected chi connectivity index (χ2v) is 6.03. The zero-order valence-electron chi connectivity index (χ0n) is 14.1. The van der Waals surface area contributed by atoms with Gasteiger partial charge in [0.1, 0.15) is 5.75 Å². The Balaban J connectivity index is 1.94. The van der Waals surface area contributed by atoms with E-state index in [0.29, 0.717) is 11.7 Å². The molecular formula is C19H24N2OS. The van der Waals surface area contributed by atoms with Crippen molar-refractivity contribution in [3.05, 3.63) is 59.2 Å². The predicted octanol–water partition coefficient (Wildman–Crippen LogP) is 4.75. The minimum absolute atomic E-state index is 0.150. The zero-order valence-corrected chi connectivity index (χ0v) is 15.0. The van der Waals surface area contributed by atoms with Crippen molar-refractivity contribution in [2.24, 2.45) is 0 Å². The van der Waals surface area contributed by atoms with Crippen molar-refractivity contribution in [3.63, 3.8) is 0 Å². The fourth-order valence-electron chi connectivity index (χ4n) is 2.28. The van der Waals surface area contributed by atoms with Crippen LogP contribution in [0, 0.1) is 13.8 Å². The number of rotatable bonds is 5. The Bertz CT molecular complexity index is 668. The van der Waals surface area contributed by atoms with Crippen molar-refractivity contribution in [2.75, 3.05) is 11.9 Å². The van der Waals surface area contributed by atoms with Gasteiger partial charge in [-0.05, 0) is 80.9 Å². The van der Waals surface area contributed by atoms with Gasteiger partial charge in [-0.3, -0.25) is 0 Å². The Morgan fingerprint density at radius 2 is 1.78 bits per heavy atom. The summed E-state index contributed by atoms with van der Waals surface area (Å²) in [6, 6.07) is 14.4. The fourth-order valence-corrected chi connectivity index (χ4v) is 2.58. The van der Waals surface area contributed by atoms with Gasteiger partial charge in [0, 0.05) is 5.69 Å². The molecule has 0 heterocycles. The van der Waals surface area contributed by atoms with Crippen LogP contribution in [0.4, 0.5) is 5.69 Å². The van der Waals surface area contributed by atoms with Crippen LogP contribution in [0.15, 0.2) is 42.5 Å². The molecule has 2 aromatic rings. The van der Waals surface area contributed by atoms with Crippen LogP contribution in [0.25, 0.3) is 0 Å². The Kier molecular flexibility index (Phi) is 5.99. The van der Waals surface area contributed by atoms with Crippen LogP contribution >= 0.6 is 12.2 Å². The van der Waals surface area contributed by atoms with E-state index in [1.165, 1.54) is 16.7 Å². The highest BCUT2D eigenvalue weighted by Crippen LogP contribution is 2.18. The standard InChI is InChI=1S/C19H24N2OS/c1-5-22-18-10-8-17(9-11-18)21-19(23)20-15(4)16-7-6-13(2)14(3)12-16/h6-12,15H,5H2,1-4H3,(H2,20,21,23)/t15-/m0/s1. The first-order valence-corrected chi connectivity index (χ1v) is 8.28. The van der Waals surface area contributed by atoms with Crippen molar-refractivity contribution < 1.29 is 4.74 Å². The molecule has 4 heteroatoms. The molecule has 1 atom stereocenters. The highest BCUT2D eigenvalue weighted by molar-refractivity contribution is 7.80. The van der Waals surface area contributed by atoms with Crippen LogP contribution in [0.3, 0.4) is 0 Å². The summed E-state index contributed by atoms with van der Waals surface area (Å²) in [5.41, 5.74) is 4.76. The number of hydrogen-bond acceptors (Lipinski definition) is 2. The number of anilines is 1. The molecule has 0 saturated carbocycles. The van der Waals surface area contributed by atoms with E-state index >= 15 is 0 Å². The minimum Gasteiger partial charge on any atom is -0.494 e. The normalized spacial score (nSPS) is 11.7. The summed E-state index contributed by atoms with van der Waals surface area (Å²) in [6.07, 6.45) is 0. The third kappa shape index (κ3) is 4.96. The van der Waals surface area contributed by atoms with Gasteiger partial charge >= 0.3 is 0 Å². The monoisotopic (exact) mass is 328 g/mol. The number of aryl methyl sites for hydroxylation is 2. The van der Waals surface area contributed by atoms with Crippen LogP contribution in [-0.4, -0.2) is 11.7 Å². The van der Waals surface area contributed by atoms with Gasteiger partial charge < -0.3 is 15.4 Å². The van der Waals surface area contributed by atoms with Gasteiger partial charge in [-0.1, -0.05) is 18.2 Å². The quantitative estimate of drug-likeness (QED) is 0.776. The van der Waals surface area contributed by atoms with Crippen LogP contribution in [0.2, 0.25) is 0 Å². The lowest BCUT2D eigenvalue weighted by Gasteiger charge is -2.18. The Hall–Kier alpha value is -2.07. The number of hydrogen-bond donors (Lipinski definition) is 2. The summed E-state index contributed by atoms with van der Waals surface area (Å²) in [5, 5.41) is 7.13. The molecule has 3 nitrogen and oxygen atoms in total. The second kappa shape index (κ2) is 7.97. The SMILES string of the molecule is CCOc1ccc(NC(=S)N[C@@H](C)c2ccc(C)c(C)c2)cc1. The van der Waals surface area contributed by atoms with E-state index in [1.54, 1.807) is 0 Å². The van der Waals surface area contributed by atoms with Crippen molar-refractivity contribution in [2.45, 2.75) is 33.7 Å². The van der Waals surface area contributed by atoms with Crippen molar-refractivity contribution >= 4 is 23.0 Å². The summed E-state index contributed by atoms with van der Waals surface area (Å²) in [7, 11) is 0. The molecule has 0 aromatic heterocycles. The first-order chi connectivity index (χ1) is 11.0. The molecule has 0 spiro atoms. The van der Waals surface area contributed by atoms with Crippen LogP contribution in [0.5, 0.6) is 5.75 Å². The highest BCUT2D eigenvalue weighted by Gasteiger charge is 2.08. The lowest BCUT2D eigenvalue weighted by molar-refractivity contribution is 0.340. The lowest BCUT2D eigenvalue weighted by atomic mass is 10.0. The van der Waals surface area contributed by atoms with E-state index < -0.39 is 0 Å². The maximum absolute atomic E-state index is 5.43. The topological polar surface area (TPSA) is 33.3 Å². The van der Waals surface area contributed by atoms with E-state index in [0.717, 1.165) is 11.4 Å². The van der Waals surface area contributed by atoms with E-state index in [1.807, 2.05) is 31.2 Å². The Morgan fingerprint density at radius 3 is 2.39 bits per heavy atom. The molecule has 0 unspecified atom stereocenters. The largest absolute Gasteiger partial charge is 0.494 e. The average molecular weight is 328 g/mol. The van der Waals surface area contributed by atoms with Crippen LogP contribution < -0.4 is 15.4 Å². The third-order valence-corrected chi connectivity index (χ3v) is 4.02. The smallest absolute Gasteiger partial charge is 0.171 e. The van der Waals surface area contributed by atoms with Crippen molar-refractivity contribution in [1.82, 2.24) is 5.32 Å². The molecular weight excluding hydrogens is 304 g/mol. The number of thiocarbonyl (C=S) groups is 1. The predicted molar refractivity (Wildman–Crippen MR) is 101 cm³/mol. The molecule has 0 bridgehead atoms. The van der Waals surface area contributed by atoms with Gasteiger partial charge in [-0.25, -0.2) is 0 Å². The third-order valence-electron chi connectivity index (χ3n) is 3.80. The molecule has 23 heavy (non-hydrogen) atoms. The number of benzene rings is 2. The molecule has 2 rings (SSSR count). The summed E-state index contributed by atoms with van der Waals surface area (Å²) in [4.78, 5) is 0. The van der Waals surface area contributed by atoms with Gasteiger partial charge in [0.15, 0.2) is 5.11 Å². The highest BCUT2D eigenvalue weighted by atomic mass is 32.1. The number of ether oxygens (including phenoxy) is 1. The molecule has 0 aliphatic heterocycles. The van der Waals surface area contributed by atoms with E-state index in [9.17, 15) is 0 Å². The van der Waals surface area contributed by atoms with Crippen molar-refractivity contribution in [3.8, 4) is 5.75 Å². The lowest BCUT2D eigenvalue weighted by Crippen LogP contribution is -2.30. The summed E-state index contributed by atoms with van der Waals surface area (Å²) in [6.45, 7) is 8.99. The van der Waals surface area contributed by atoms with Gasteiger partial charge in [-0.2, -0.15) is 0 Å². The van der Waals surface area contributed by atoms with E-state index in [-0.39, 0.29) is 6.04 Å². The second-order valence-electron chi connectivity index (χ2n) is 5.62. The van der Waals surface area contributed by atoms with Gasteiger partial charge in [0.25, 0.3) is 0 Å². The zero-order chi connectivity index (χ0) is 16.8. The average Bonchev–Trinajstić information content (AvgIpc) is 2.52. The maximum Gasteiger partial charge on any atom is 0.171 e. The minimum atomic E-state index is 0.150. The molecule has 122 valence electrons. The Labute approximate surface area is 144 Å². The molecule has 0 saturated heterocycles. The molecule has 0 amide bonds. The fraction of sp³-hybridized carbons (Fsp3) is 0.316. The van der Waals surface area contributed by atoms with Gasteiger partial charge in [0.05, 0.1) is 12.6 Å². The summed E-state index contributed by atoms with van der Waals surface area (Å²) < 4.78 is 5.43. The molecule has 0 aliphatic carbocycles. The van der Waals surface area contributed by atoms with Crippen LogP contribution in [-0.2, 0) is 0 Å². The molecule has 2 aromatic carbocycles. The molecule has 0 aliphatic rings. The van der Waals surface area contributed by atoms with Gasteiger partial charge in [0.2, 0.25) is 0 Å². The van der Waals surface area contributed by atoms with E-state index in [4.69, 9.17) is 17.0 Å². The van der Waals surface area contributed by atoms with Crippen molar-refractivity contribution in [1.29, 1.82) is 0 Å². The summed E-state index contributed by atoms with van der Waals surface area (Å²) >= 11 is 5.40. The summed E-state index contributed by atoms with van der Waals surface area (Å²) in [5.74, 6) is 0.862. The molecule has 0 radical (unpaired) electrons. The number of nitrogens with one attached hydrogen (secondary N) is 2. The maximum atomic E-state index is 5.43. The Morgan fingerprint density at radius 1 is 1.09 bits per heavy atom. The van der Waals surface area contributed by atoms with Crippen LogP contribution in [0.1, 0.15) is 36.6 Å². The van der Waals surface area contributed by atoms with E-state index in [2.05, 4.69) is 49.6 Å². The first-order valence-electron chi connectivity index (χ1n) is 7.87.